The van der Waals surface area contributed by atoms with Gasteiger partial charge in [0.15, 0.2) is 5.82 Å². The number of ether oxygens (including phenoxy) is 1. The van der Waals surface area contributed by atoms with Gasteiger partial charge in [-0.25, -0.2) is 0 Å². The molecule has 1 aromatic rings. The summed E-state index contributed by atoms with van der Waals surface area (Å²) in [5.74, 6) is 1.18. The van der Waals surface area contributed by atoms with Crippen LogP contribution >= 0.6 is 0 Å². The Hall–Kier alpha value is -0.940. The Bertz CT molecular complexity index is 319. The van der Waals surface area contributed by atoms with E-state index in [0.717, 1.165) is 19.4 Å². The van der Waals surface area contributed by atoms with Gasteiger partial charge in [-0.1, -0.05) is 5.16 Å². The minimum absolute atomic E-state index is 0.228. The van der Waals surface area contributed by atoms with Crippen LogP contribution in [0, 0.1) is 0 Å². The van der Waals surface area contributed by atoms with Crippen molar-refractivity contribution in [2.75, 3.05) is 6.61 Å². The van der Waals surface area contributed by atoms with Gasteiger partial charge in [0.05, 0.1) is 18.6 Å². The van der Waals surface area contributed by atoms with Crippen LogP contribution in [0.3, 0.4) is 0 Å². The van der Waals surface area contributed by atoms with Gasteiger partial charge in [-0.05, 0) is 26.2 Å². The van der Waals surface area contributed by atoms with E-state index in [0.29, 0.717) is 24.6 Å². The van der Waals surface area contributed by atoms with Crippen molar-refractivity contribution in [1.82, 2.24) is 10.1 Å². The van der Waals surface area contributed by atoms with Crippen molar-refractivity contribution in [1.29, 1.82) is 0 Å². The van der Waals surface area contributed by atoms with E-state index < -0.39 is 6.10 Å². The molecular formula is C11H18N2O3. The summed E-state index contributed by atoms with van der Waals surface area (Å²) in [7, 11) is 0. The molecule has 16 heavy (non-hydrogen) atoms. The maximum Gasteiger partial charge on any atom is 0.229 e. The minimum atomic E-state index is -0.445. The van der Waals surface area contributed by atoms with E-state index >= 15 is 0 Å². The molecular weight excluding hydrogens is 208 g/mol. The first-order valence-electron chi connectivity index (χ1n) is 5.85. The Morgan fingerprint density at radius 2 is 2.38 bits per heavy atom. The lowest BCUT2D eigenvalue weighted by Crippen LogP contribution is -2.21. The second-order valence-corrected chi connectivity index (χ2v) is 4.35. The molecule has 0 saturated carbocycles. The molecule has 0 radical (unpaired) electrons. The van der Waals surface area contributed by atoms with Gasteiger partial charge in [-0.2, -0.15) is 4.98 Å². The van der Waals surface area contributed by atoms with Crippen LogP contribution in [-0.2, 0) is 17.6 Å². The summed E-state index contributed by atoms with van der Waals surface area (Å²) >= 11 is 0. The zero-order valence-corrected chi connectivity index (χ0v) is 9.56. The third kappa shape index (κ3) is 3.28. The molecule has 2 heterocycles. The predicted molar refractivity (Wildman–Crippen MR) is 57.0 cm³/mol. The van der Waals surface area contributed by atoms with Crippen LogP contribution in [0.15, 0.2) is 4.52 Å². The van der Waals surface area contributed by atoms with Crippen molar-refractivity contribution in [2.24, 2.45) is 0 Å². The Morgan fingerprint density at radius 3 is 3.06 bits per heavy atom. The highest BCUT2D eigenvalue weighted by molar-refractivity contribution is 4.90. The summed E-state index contributed by atoms with van der Waals surface area (Å²) in [6, 6.07) is 0. The fourth-order valence-corrected chi connectivity index (χ4v) is 1.88. The van der Waals surface area contributed by atoms with Crippen LogP contribution in [-0.4, -0.2) is 34.1 Å². The lowest BCUT2D eigenvalue weighted by atomic mass is 10.1. The lowest BCUT2D eigenvalue weighted by Gasteiger charge is -2.20. The monoisotopic (exact) mass is 226 g/mol. The average molecular weight is 226 g/mol. The van der Waals surface area contributed by atoms with E-state index in [4.69, 9.17) is 9.26 Å². The molecule has 90 valence electrons. The van der Waals surface area contributed by atoms with Gasteiger partial charge in [-0.15, -0.1) is 0 Å². The molecule has 0 aliphatic carbocycles. The summed E-state index contributed by atoms with van der Waals surface area (Å²) in [4.78, 5) is 4.23. The van der Waals surface area contributed by atoms with Crippen LogP contribution in [0.5, 0.6) is 0 Å². The van der Waals surface area contributed by atoms with E-state index in [-0.39, 0.29) is 6.10 Å². The first-order chi connectivity index (χ1) is 7.74. The first kappa shape index (κ1) is 11.5. The molecule has 0 spiro atoms. The smallest absolute Gasteiger partial charge is 0.229 e. The second-order valence-electron chi connectivity index (χ2n) is 4.35. The van der Waals surface area contributed by atoms with Crippen molar-refractivity contribution in [3.05, 3.63) is 11.7 Å². The molecule has 1 saturated heterocycles. The summed E-state index contributed by atoms with van der Waals surface area (Å²) in [5.41, 5.74) is 0. The molecule has 1 aliphatic heterocycles. The molecule has 0 amide bonds. The van der Waals surface area contributed by atoms with Crippen molar-refractivity contribution in [3.63, 3.8) is 0 Å². The number of rotatable bonds is 4. The third-order valence-corrected chi connectivity index (χ3v) is 2.66. The van der Waals surface area contributed by atoms with Gasteiger partial charge < -0.3 is 14.4 Å². The lowest BCUT2D eigenvalue weighted by molar-refractivity contribution is 0.0153. The molecule has 0 bridgehead atoms. The fraction of sp³-hybridized carbons (Fsp3) is 0.818. The molecule has 1 fully saturated rings. The van der Waals surface area contributed by atoms with Crippen LogP contribution in [0.1, 0.15) is 37.9 Å². The van der Waals surface area contributed by atoms with E-state index in [1.807, 2.05) is 0 Å². The predicted octanol–water partition coefficient (Wildman–Crippen LogP) is 1.10. The van der Waals surface area contributed by atoms with E-state index in [2.05, 4.69) is 10.1 Å². The van der Waals surface area contributed by atoms with Crippen molar-refractivity contribution in [2.45, 2.75) is 51.2 Å². The second kappa shape index (κ2) is 5.41. The average Bonchev–Trinajstić information content (AvgIpc) is 2.66. The summed E-state index contributed by atoms with van der Waals surface area (Å²) < 4.78 is 10.6. The molecule has 5 nitrogen and oxygen atoms in total. The quantitative estimate of drug-likeness (QED) is 0.832. The zero-order valence-electron chi connectivity index (χ0n) is 9.56. The normalized spacial score (nSPS) is 23.2. The summed E-state index contributed by atoms with van der Waals surface area (Å²) in [5, 5.41) is 13.1. The van der Waals surface area contributed by atoms with Gasteiger partial charge in [0.1, 0.15) is 0 Å². The first-order valence-corrected chi connectivity index (χ1v) is 5.85. The van der Waals surface area contributed by atoms with E-state index in [1.165, 1.54) is 6.42 Å². The van der Waals surface area contributed by atoms with Crippen molar-refractivity contribution >= 4 is 0 Å². The van der Waals surface area contributed by atoms with Gasteiger partial charge in [0.25, 0.3) is 0 Å². The minimum Gasteiger partial charge on any atom is -0.393 e. The third-order valence-electron chi connectivity index (χ3n) is 2.66. The SMILES string of the molecule is CC(O)Cc1nc(CC2CCCCO2)no1. The number of nitrogens with zero attached hydrogens (tertiary/aromatic N) is 2. The van der Waals surface area contributed by atoms with Crippen LogP contribution < -0.4 is 0 Å². The Kier molecular flexibility index (Phi) is 3.90. The van der Waals surface area contributed by atoms with Gasteiger partial charge in [0.2, 0.25) is 5.89 Å². The topological polar surface area (TPSA) is 68.4 Å². The van der Waals surface area contributed by atoms with Crippen molar-refractivity contribution in [3.8, 4) is 0 Å². The highest BCUT2D eigenvalue weighted by atomic mass is 16.5. The van der Waals surface area contributed by atoms with Crippen LogP contribution in [0.4, 0.5) is 0 Å². The number of aliphatic hydroxyl groups excluding tert-OH is 1. The number of aromatic nitrogens is 2. The maximum absolute atomic E-state index is 9.18. The molecule has 2 atom stereocenters. The van der Waals surface area contributed by atoms with Gasteiger partial charge in [-0.3, -0.25) is 0 Å². The van der Waals surface area contributed by atoms with E-state index in [9.17, 15) is 5.11 Å². The van der Waals surface area contributed by atoms with Gasteiger partial charge in [0, 0.05) is 13.0 Å². The Labute approximate surface area is 94.8 Å². The molecule has 2 unspecified atom stereocenters. The number of hydrogen-bond donors (Lipinski definition) is 1. The summed E-state index contributed by atoms with van der Waals surface area (Å²) in [6.45, 7) is 2.54. The van der Waals surface area contributed by atoms with Crippen LogP contribution in [0.25, 0.3) is 0 Å². The fourth-order valence-electron chi connectivity index (χ4n) is 1.88. The Balaban J connectivity index is 1.86. The largest absolute Gasteiger partial charge is 0.393 e. The number of aliphatic hydroxyl groups is 1. The maximum atomic E-state index is 9.18. The van der Waals surface area contributed by atoms with E-state index in [1.54, 1.807) is 6.92 Å². The van der Waals surface area contributed by atoms with Crippen molar-refractivity contribution < 1.29 is 14.4 Å². The highest BCUT2D eigenvalue weighted by Gasteiger charge is 2.18. The summed E-state index contributed by atoms with van der Waals surface area (Å²) in [6.07, 6.45) is 4.34. The molecule has 5 heteroatoms. The van der Waals surface area contributed by atoms with Gasteiger partial charge >= 0.3 is 0 Å². The highest BCUT2D eigenvalue weighted by Crippen LogP contribution is 2.16. The molecule has 1 N–H and O–H groups in total. The molecule has 0 aromatic carbocycles. The standard InChI is InChI=1S/C11H18N2O3/c1-8(14)6-11-12-10(13-16-11)7-9-4-2-3-5-15-9/h8-9,14H,2-7H2,1H3. The Morgan fingerprint density at radius 1 is 1.50 bits per heavy atom. The zero-order chi connectivity index (χ0) is 11.4. The molecule has 1 aliphatic rings. The van der Waals surface area contributed by atoms with Crippen LogP contribution in [0.2, 0.25) is 0 Å². The molecule has 1 aromatic heterocycles. The molecule has 2 rings (SSSR count). The number of hydrogen-bond acceptors (Lipinski definition) is 5.